The highest BCUT2D eigenvalue weighted by Crippen LogP contribution is 2.31. The molecule has 1 aromatic carbocycles. The molecule has 0 bridgehead atoms. The van der Waals surface area contributed by atoms with Crippen LogP contribution in [0.15, 0.2) is 28.8 Å². The van der Waals surface area contributed by atoms with Crippen LogP contribution in [0.25, 0.3) is 11.4 Å². The molecule has 1 aliphatic rings. The van der Waals surface area contributed by atoms with Crippen LogP contribution in [-0.4, -0.2) is 35.5 Å². The number of rotatable bonds is 7. The van der Waals surface area contributed by atoms with Gasteiger partial charge in [-0.25, -0.2) is 4.72 Å². The molecule has 0 saturated heterocycles. The second kappa shape index (κ2) is 6.97. The molecule has 1 aliphatic carbocycles. The minimum atomic E-state index is -4.70. The van der Waals surface area contributed by atoms with Gasteiger partial charge in [0.05, 0.1) is 0 Å². The van der Waals surface area contributed by atoms with Gasteiger partial charge in [-0.2, -0.15) is 30.9 Å². The van der Waals surface area contributed by atoms with Crippen LogP contribution in [-0.2, 0) is 22.9 Å². The Morgan fingerprint density at radius 1 is 1.27 bits per heavy atom. The second-order valence-electron chi connectivity index (χ2n) is 5.90. The van der Waals surface area contributed by atoms with Gasteiger partial charge in [-0.05, 0) is 18.4 Å². The average Bonchev–Trinajstić information content (AvgIpc) is 3.26. The monoisotopic (exact) mass is 390 g/mol. The van der Waals surface area contributed by atoms with Crippen LogP contribution >= 0.6 is 0 Å². The predicted octanol–water partition coefficient (Wildman–Crippen LogP) is 2.57. The van der Waals surface area contributed by atoms with E-state index in [1.54, 1.807) is 19.1 Å². The van der Waals surface area contributed by atoms with E-state index in [0.29, 0.717) is 17.7 Å². The largest absolute Gasteiger partial charge is 0.471 e. The Bertz CT molecular complexity index is 861. The van der Waals surface area contributed by atoms with Gasteiger partial charge in [0.2, 0.25) is 5.82 Å². The van der Waals surface area contributed by atoms with Crippen molar-refractivity contribution in [1.82, 2.24) is 19.2 Å². The highest BCUT2D eigenvalue weighted by atomic mass is 32.2. The third-order valence-corrected chi connectivity index (χ3v) is 5.51. The van der Waals surface area contributed by atoms with Crippen LogP contribution in [0.1, 0.15) is 31.2 Å². The molecular weight excluding hydrogens is 373 g/mol. The van der Waals surface area contributed by atoms with Crippen LogP contribution in [0.4, 0.5) is 13.2 Å². The molecule has 2 aromatic rings. The summed E-state index contributed by atoms with van der Waals surface area (Å²) in [4.78, 5) is 3.33. The maximum atomic E-state index is 12.5. The van der Waals surface area contributed by atoms with Gasteiger partial charge >= 0.3 is 12.1 Å². The van der Waals surface area contributed by atoms with E-state index >= 15 is 0 Å². The quantitative estimate of drug-likeness (QED) is 0.785. The predicted molar refractivity (Wildman–Crippen MR) is 85.9 cm³/mol. The number of alkyl halides is 3. The van der Waals surface area contributed by atoms with Gasteiger partial charge in [0.25, 0.3) is 10.2 Å². The Morgan fingerprint density at radius 3 is 2.42 bits per heavy atom. The van der Waals surface area contributed by atoms with Crippen LogP contribution in [0.3, 0.4) is 0 Å². The fraction of sp³-hybridized carbons (Fsp3) is 0.467. The van der Waals surface area contributed by atoms with Crippen molar-refractivity contribution < 1.29 is 26.1 Å². The summed E-state index contributed by atoms with van der Waals surface area (Å²) in [6.07, 6.45) is -3.08. The number of nitrogens with zero attached hydrogens (tertiary/aromatic N) is 3. The second-order valence-corrected chi connectivity index (χ2v) is 7.60. The molecule has 1 aromatic heterocycles. The lowest BCUT2D eigenvalue weighted by Gasteiger charge is -2.21. The summed E-state index contributed by atoms with van der Waals surface area (Å²) >= 11 is 0. The van der Waals surface area contributed by atoms with Crippen molar-refractivity contribution in [3.05, 3.63) is 35.7 Å². The van der Waals surface area contributed by atoms with Gasteiger partial charge in [0.1, 0.15) is 0 Å². The standard InChI is InChI=1S/C15H17F3N4O3S/c1-2-19-26(23,24)22(12-7-8-12)9-10-3-5-11(6-4-10)13-20-14(25-21-13)15(16,17)18/h3-6,12,19H,2,7-9H2,1H3. The Balaban J connectivity index is 1.76. The molecule has 1 fully saturated rings. The zero-order valence-corrected chi connectivity index (χ0v) is 14.6. The number of aromatic nitrogens is 2. The smallest absolute Gasteiger partial charge is 0.329 e. The third kappa shape index (κ3) is 4.22. The maximum absolute atomic E-state index is 12.5. The van der Waals surface area contributed by atoms with E-state index in [2.05, 4.69) is 19.4 Å². The summed E-state index contributed by atoms with van der Waals surface area (Å²) in [5.41, 5.74) is 1.06. The first-order valence-corrected chi connectivity index (χ1v) is 9.41. The number of benzene rings is 1. The van der Waals surface area contributed by atoms with Crippen molar-refractivity contribution in [2.24, 2.45) is 0 Å². The van der Waals surface area contributed by atoms with Gasteiger partial charge in [-0.1, -0.05) is 36.3 Å². The topological polar surface area (TPSA) is 88.3 Å². The highest BCUT2D eigenvalue weighted by molar-refractivity contribution is 7.87. The van der Waals surface area contributed by atoms with Crippen molar-refractivity contribution in [1.29, 1.82) is 0 Å². The summed E-state index contributed by atoms with van der Waals surface area (Å²) in [5.74, 6) is -1.59. The van der Waals surface area contributed by atoms with E-state index in [-0.39, 0.29) is 18.4 Å². The van der Waals surface area contributed by atoms with Gasteiger partial charge in [0.15, 0.2) is 0 Å². The molecule has 142 valence electrons. The Hall–Kier alpha value is -1.98. The highest BCUT2D eigenvalue weighted by Gasteiger charge is 2.39. The van der Waals surface area contributed by atoms with E-state index in [1.807, 2.05) is 0 Å². The first-order valence-electron chi connectivity index (χ1n) is 7.97. The fourth-order valence-electron chi connectivity index (χ4n) is 2.43. The summed E-state index contributed by atoms with van der Waals surface area (Å²) in [5, 5.41) is 3.32. The zero-order valence-electron chi connectivity index (χ0n) is 13.8. The first kappa shape index (κ1) is 18.8. The number of hydrogen-bond donors (Lipinski definition) is 1. The molecule has 11 heteroatoms. The molecule has 26 heavy (non-hydrogen) atoms. The van der Waals surface area contributed by atoms with Crippen LogP contribution in [0.5, 0.6) is 0 Å². The Morgan fingerprint density at radius 2 is 1.92 bits per heavy atom. The molecule has 3 rings (SSSR count). The van der Waals surface area contributed by atoms with Crippen LogP contribution in [0, 0.1) is 0 Å². The van der Waals surface area contributed by atoms with Crippen molar-refractivity contribution in [3.63, 3.8) is 0 Å². The molecule has 0 amide bonds. The molecule has 1 saturated carbocycles. The third-order valence-electron chi connectivity index (χ3n) is 3.81. The summed E-state index contributed by atoms with van der Waals surface area (Å²) in [6, 6.07) is 6.31. The molecular formula is C15H17F3N4O3S. The molecule has 0 atom stereocenters. The summed E-state index contributed by atoms with van der Waals surface area (Å²) < 4.78 is 70.2. The molecule has 0 aliphatic heterocycles. The van der Waals surface area contributed by atoms with Gasteiger partial charge in [0, 0.05) is 24.7 Å². The van der Waals surface area contributed by atoms with Gasteiger partial charge in [-0.15, -0.1) is 0 Å². The van der Waals surface area contributed by atoms with E-state index in [4.69, 9.17) is 0 Å². The molecule has 0 radical (unpaired) electrons. The lowest BCUT2D eigenvalue weighted by molar-refractivity contribution is -0.159. The first-order chi connectivity index (χ1) is 12.2. The van der Waals surface area contributed by atoms with E-state index in [1.165, 1.54) is 16.4 Å². The minimum absolute atomic E-state index is 0.0229. The molecule has 7 nitrogen and oxygen atoms in total. The maximum Gasteiger partial charge on any atom is 0.471 e. The SMILES string of the molecule is CCNS(=O)(=O)N(Cc1ccc(-c2noc(C(F)(F)F)n2)cc1)C1CC1. The number of halogens is 3. The Labute approximate surface area is 148 Å². The van der Waals surface area contributed by atoms with E-state index in [9.17, 15) is 21.6 Å². The molecule has 0 unspecified atom stereocenters. The zero-order chi connectivity index (χ0) is 18.9. The summed E-state index contributed by atoms with van der Waals surface area (Å²) in [6.45, 7) is 2.18. The van der Waals surface area contributed by atoms with Crippen molar-refractivity contribution in [2.75, 3.05) is 6.54 Å². The van der Waals surface area contributed by atoms with Crippen molar-refractivity contribution in [3.8, 4) is 11.4 Å². The number of nitrogens with one attached hydrogen (secondary N) is 1. The lowest BCUT2D eigenvalue weighted by atomic mass is 10.1. The van der Waals surface area contributed by atoms with Crippen molar-refractivity contribution >= 4 is 10.2 Å². The number of hydrogen-bond acceptors (Lipinski definition) is 5. The van der Waals surface area contributed by atoms with E-state index in [0.717, 1.165) is 12.8 Å². The summed E-state index contributed by atoms with van der Waals surface area (Å²) in [7, 11) is -3.56. The van der Waals surface area contributed by atoms with E-state index < -0.39 is 22.3 Å². The Kier molecular flexibility index (Phi) is 5.04. The fourth-order valence-corrected chi connectivity index (χ4v) is 3.89. The van der Waals surface area contributed by atoms with Gasteiger partial charge in [-0.3, -0.25) is 0 Å². The minimum Gasteiger partial charge on any atom is -0.329 e. The average molecular weight is 390 g/mol. The molecule has 1 N–H and O–H groups in total. The van der Waals surface area contributed by atoms with Crippen LogP contribution < -0.4 is 4.72 Å². The molecule has 0 spiro atoms. The normalized spacial score (nSPS) is 15.6. The molecule has 1 heterocycles. The lowest BCUT2D eigenvalue weighted by Crippen LogP contribution is -2.41. The van der Waals surface area contributed by atoms with Crippen LogP contribution in [0.2, 0.25) is 0 Å². The van der Waals surface area contributed by atoms with Gasteiger partial charge < -0.3 is 4.52 Å². The van der Waals surface area contributed by atoms with Crippen molar-refractivity contribution in [2.45, 2.75) is 38.5 Å².